The van der Waals surface area contributed by atoms with Crippen LogP contribution in [0.1, 0.15) is 40.7 Å². The lowest BCUT2D eigenvalue weighted by molar-refractivity contribution is 0.515. The summed E-state index contributed by atoms with van der Waals surface area (Å²) in [7, 11) is 0. The first kappa shape index (κ1) is 15.4. The minimum absolute atomic E-state index is 0.0388. The molecule has 0 saturated heterocycles. The largest absolute Gasteiger partial charge is 0.298 e. The molecular weight excluding hydrogens is 302 g/mol. The summed E-state index contributed by atoms with van der Waals surface area (Å²) in [5, 5.41) is 15.8. The Balaban J connectivity index is 1.88. The van der Waals surface area contributed by atoms with E-state index < -0.39 is 0 Å². The Labute approximate surface area is 140 Å². The Kier molecular flexibility index (Phi) is 4.82. The van der Waals surface area contributed by atoms with Gasteiger partial charge in [0.15, 0.2) is 0 Å². The van der Waals surface area contributed by atoms with Gasteiger partial charge in [-0.25, -0.2) is 4.98 Å². The quantitative estimate of drug-likeness (QED) is 0.755. The van der Waals surface area contributed by atoms with Crippen molar-refractivity contribution < 1.29 is 0 Å². The molecule has 0 fully saturated rings. The van der Waals surface area contributed by atoms with Crippen LogP contribution in [0.3, 0.4) is 0 Å². The molecule has 2 aromatic carbocycles. The van der Waals surface area contributed by atoms with Gasteiger partial charge >= 0.3 is 0 Å². The maximum absolute atomic E-state index is 9.08. The second-order valence-electron chi connectivity index (χ2n) is 5.34. The number of hydrogen-bond acceptors (Lipinski definition) is 4. The van der Waals surface area contributed by atoms with E-state index in [-0.39, 0.29) is 12.1 Å². The van der Waals surface area contributed by atoms with Crippen LogP contribution >= 0.6 is 11.3 Å². The normalized spacial score (nSPS) is 13.2. The number of nitrogens with one attached hydrogen (secondary N) is 1. The van der Waals surface area contributed by atoms with Crippen molar-refractivity contribution in [3.63, 3.8) is 0 Å². The molecule has 0 aliphatic heterocycles. The molecule has 2 atom stereocenters. The molecule has 3 aromatic rings. The summed E-state index contributed by atoms with van der Waals surface area (Å²) >= 11 is 1.64. The number of rotatable bonds is 5. The molecule has 4 heteroatoms. The fourth-order valence-corrected chi connectivity index (χ4v) is 3.28. The van der Waals surface area contributed by atoms with Crippen LogP contribution in [0.5, 0.6) is 0 Å². The van der Waals surface area contributed by atoms with Crippen LogP contribution in [0.25, 0.3) is 0 Å². The van der Waals surface area contributed by atoms with Gasteiger partial charge in [0.05, 0.1) is 17.7 Å². The maximum atomic E-state index is 9.08. The fraction of sp³-hybridized carbons (Fsp3) is 0.158. The van der Waals surface area contributed by atoms with Gasteiger partial charge in [0.2, 0.25) is 0 Å². The van der Waals surface area contributed by atoms with E-state index in [2.05, 4.69) is 35.4 Å². The fourth-order valence-electron chi connectivity index (χ4n) is 2.56. The molecule has 0 aliphatic rings. The van der Waals surface area contributed by atoms with Gasteiger partial charge in [0.25, 0.3) is 0 Å². The highest BCUT2D eigenvalue weighted by molar-refractivity contribution is 7.09. The van der Waals surface area contributed by atoms with Gasteiger partial charge in [0, 0.05) is 17.6 Å². The van der Waals surface area contributed by atoms with Gasteiger partial charge in [-0.1, -0.05) is 42.5 Å². The van der Waals surface area contributed by atoms with E-state index in [0.29, 0.717) is 5.56 Å². The van der Waals surface area contributed by atoms with Crippen molar-refractivity contribution in [1.82, 2.24) is 10.3 Å². The molecule has 0 bridgehead atoms. The topological polar surface area (TPSA) is 48.7 Å². The van der Waals surface area contributed by atoms with Crippen molar-refractivity contribution in [2.45, 2.75) is 19.0 Å². The summed E-state index contributed by atoms with van der Waals surface area (Å²) in [6.07, 6.45) is 1.83. The van der Waals surface area contributed by atoms with Crippen molar-refractivity contribution >= 4 is 11.3 Å². The minimum Gasteiger partial charge on any atom is -0.298 e. The SMILES string of the molecule is CC(NC(c1ccccc1)c1nccs1)c1cccc(C#N)c1. The average Bonchev–Trinajstić information content (AvgIpc) is 3.14. The van der Waals surface area contributed by atoms with E-state index >= 15 is 0 Å². The van der Waals surface area contributed by atoms with E-state index in [1.807, 2.05) is 54.0 Å². The highest BCUT2D eigenvalue weighted by Gasteiger charge is 2.19. The lowest BCUT2D eigenvalue weighted by Crippen LogP contribution is -2.25. The van der Waals surface area contributed by atoms with Crippen LogP contribution in [0.15, 0.2) is 66.2 Å². The summed E-state index contributed by atoms with van der Waals surface area (Å²) in [5.74, 6) is 0. The molecule has 23 heavy (non-hydrogen) atoms. The first-order valence-electron chi connectivity index (χ1n) is 7.48. The third kappa shape index (κ3) is 3.65. The average molecular weight is 319 g/mol. The van der Waals surface area contributed by atoms with E-state index in [0.717, 1.165) is 10.6 Å². The Morgan fingerprint density at radius 1 is 1.09 bits per heavy atom. The van der Waals surface area contributed by atoms with Crippen molar-refractivity contribution in [3.8, 4) is 6.07 Å². The van der Waals surface area contributed by atoms with Gasteiger partial charge in [-0.15, -0.1) is 11.3 Å². The lowest BCUT2D eigenvalue weighted by atomic mass is 10.0. The molecule has 0 spiro atoms. The molecule has 1 aromatic heterocycles. The molecular formula is C19H17N3S. The van der Waals surface area contributed by atoms with Crippen molar-refractivity contribution in [2.75, 3.05) is 0 Å². The Hall–Kier alpha value is -2.48. The number of benzene rings is 2. The van der Waals surface area contributed by atoms with E-state index in [9.17, 15) is 0 Å². The first-order chi connectivity index (χ1) is 11.3. The Morgan fingerprint density at radius 3 is 2.57 bits per heavy atom. The third-order valence-corrected chi connectivity index (χ3v) is 4.60. The summed E-state index contributed by atoms with van der Waals surface area (Å²) in [4.78, 5) is 4.48. The predicted molar refractivity (Wildman–Crippen MR) is 93.1 cm³/mol. The van der Waals surface area contributed by atoms with Gasteiger partial charge in [0.1, 0.15) is 5.01 Å². The highest BCUT2D eigenvalue weighted by atomic mass is 32.1. The molecule has 2 unspecified atom stereocenters. The second-order valence-corrected chi connectivity index (χ2v) is 6.27. The maximum Gasteiger partial charge on any atom is 0.114 e. The smallest absolute Gasteiger partial charge is 0.114 e. The second kappa shape index (κ2) is 7.19. The van der Waals surface area contributed by atoms with Gasteiger partial charge in [-0.05, 0) is 30.2 Å². The molecule has 0 amide bonds. The predicted octanol–water partition coefficient (Wildman–Crippen LogP) is 4.45. The van der Waals surface area contributed by atoms with E-state index in [1.54, 1.807) is 11.3 Å². The monoisotopic (exact) mass is 319 g/mol. The molecule has 1 N–H and O–H groups in total. The van der Waals surface area contributed by atoms with Crippen LogP contribution in [0, 0.1) is 11.3 Å². The number of aromatic nitrogens is 1. The zero-order valence-electron chi connectivity index (χ0n) is 12.8. The van der Waals surface area contributed by atoms with Crippen LogP contribution in [0.2, 0.25) is 0 Å². The number of hydrogen-bond donors (Lipinski definition) is 1. The zero-order valence-corrected chi connectivity index (χ0v) is 13.6. The van der Waals surface area contributed by atoms with Crippen LogP contribution < -0.4 is 5.32 Å². The van der Waals surface area contributed by atoms with E-state index in [1.165, 1.54) is 5.56 Å². The molecule has 3 rings (SSSR count). The number of nitrogens with zero attached hydrogens (tertiary/aromatic N) is 2. The van der Waals surface area contributed by atoms with Crippen LogP contribution in [-0.4, -0.2) is 4.98 Å². The molecule has 114 valence electrons. The first-order valence-corrected chi connectivity index (χ1v) is 8.36. The Morgan fingerprint density at radius 2 is 1.87 bits per heavy atom. The molecule has 0 radical (unpaired) electrons. The lowest BCUT2D eigenvalue weighted by Gasteiger charge is -2.22. The summed E-state index contributed by atoms with van der Waals surface area (Å²) in [6.45, 7) is 2.11. The number of thiazole rings is 1. The standard InChI is InChI=1S/C19H17N3S/c1-14(17-9-5-6-15(12-17)13-20)22-18(19-21-10-11-23-19)16-7-3-2-4-8-16/h2-12,14,18,22H,1H3. The molecule has 3 nitrogen and oxygen atoms in total. The minimum atomic E-state index is 0.0388. The van der Waals surface area contributed by atoms with Crippen molar-refractivity contribution in [1.29, 1.82) is 5.26 Å². The molecule has 0 aliphatic carbocycles. The molecule has 0 saturated carbocycles. The summed E-state index contributed by atoms with van der Waals surface area (Å²) < 4.78 is 0. The van der Waals surface area contributed by atoms with Crippen molar-refractivity contribution in [3.05, 3.63) is 87.9 Å². The van der Waals surface area contributed by atoms with E-state index in [4.69, 9.17) is 5.26 Å². The zero-order chi connectivity index (χ0) is 16.1. The van der Waals surface area contributed by atoms with Gasteiger partial charge < -0.3 is 0 Å². The number of nitriles is 1. The van der Waals surface area contributed by atoms with Crippen molar-refractivity contribution in [2.24, 2.45) is 0 Å². The summed E-state index contributed by atoms with van der Waals surface area (Å²) in [5.41, 5.74) is 2.97. The van der Waals surface area contributed by atoms with Crippen LogP contribution in [-0.2, 0) is 0 Å². The highest BCUT2D eigenvalue weighted by Crippen LogP contribution is 2.27. The van der Waals surface area contributed by atoms with Gasteiger partial charge in [-0.3, -0.25) is 5.32 Å². The summed E-state index contributed by atoms with van der Waals surface area (Å²) in [6, 6.07) is 20.4. The molecule has 1 heterocycles. The Bertz CT molecular complexity index is 791. The van der Waals surface area contributed by atoms with Gasteiger partial charge in [-0.2, -0.15) is 5.26 Å². The van der Waals surface area contributed by atoms with Crippen LogP contribution in [0.4, 0.5) is 0 Å². The third-order valence-electron chi connectivity index (χ3n) is 3.76.